The third-order valence-electron chi connectivity index (χ3n) is 3.15. The summed E-state index contributed by atoms with van der Waals surface area (Å²) in [5.74, 6) is -0.210. The summed E-state index contributed by atoms with van der Waals surface area (Å²) in [6.45, 7) is 1.77. The number of benzene rings is 2. The van der Waals surface area contributed by atoms with Crippen molar-refractivity contribution in [2.24, 2.45) is 0 Å². The third-order valence-corrected chi connectivity index (χ3v) is 3.39. The van der Waals surface area contributed by atoms with E-state index in [9.17, 15) is 4.79 Å². The van der Waals surface area contributed by atoms with Crippen molar-refractivity contribution in [1.82, 2.24) is 0 Å². The maximum atomic E-state index is 10.7. The van der Waals surface area contributed by atoms with Gasteiger partial charge in [-0.1, -0.05) is 35.9 Å². The summed E-state index contributed by atoms with van der Waals surface area (Å²) in [6, 6.07) is 13.0. The first-order chi connectivity index (χ1) is 10.0. The lowest BCUT2D eigenvalue weighted by atomic mass is 10.0. The molecule has 0 saturated heterocycles. The van der Waals surface area contributed by atoms with Crippen LogP contribution in [-0.2, 0) is 4.79 Å². The van der Waals surface area contributed by atoms with E-state index in [4.69, 9.17) is 21.4 Å². The number of halogens is 1. The highest BCUT2D eigenvalue weighted by molar-refractivity contribution is 6.31. The second-order valence-corrected chi connectivity index (χ2v) is 5.02. The Hall–Kier alpha value is -2.26. The maximum absolute atomic E-state index is 10.7. The molecule has 0 unspecified atom stereocenters. The van der Waals surface area contributed by atoms with Crippen molar-refractivity contribution in [3.63, 3.8) is 0 Å². The van der Waals surface area contributed by atoms with Gasteiger partial charge in [0.1, 0.15) is 5.75 Å². The molecule has 0 heterocycles. The number of carboxylic acids is 1. The van der Waals surface area contributed by atoms with Gasteiger partial charge in [-0.2, -0.15) is 0 Å². The van der Waals surface area contributed by atoms with E-state index in [1.165, 1.54) is 6.08 Å². The molecular formula is C17H15ClO3. The zero-order valence-corrected chi connectivity index (χ0v) is 12.5. The second kappa shape index (κ2) is 6.46. The predicted molar refractivity (Wildman–Crippen MR) is 84.7 cm³/mol. The summed E-state index contributed by atoms with van der Waals surface area (Å²) in [6.07, 6.45) is 1.19. The Labute approximate surface area is 128 Å². The van der Waals surface area contributed by atoms with Crippen molar-refractivity contribution in [1.29, 1.82) is 0 Å². The van der Waals surface area contributed by atoms with E-state index in [2.05, 4.69) is 0 Å². The van der Waals surface area contributed by atoms with Crippen LogP contribution in [0.15, 0.2) is 48.5 Å². The second-order valence-electron chi connectivity index (χ2n) is 4.59. The van der Waals surface area contributed by atoms with Crippen molar-refractivity contribution < 1.29 is 14.6 Å². The van der Waals surface area contributed by atoms with Crippen LogP contribution < -0.4 is 4.74 Å². The van der Waals surface area contributed by atoms with Gasteiger partial charge in [-0.15, -0.1) is 0 Å². The minimum atomic E-state index is -0.951. The Morgan fingerprint density at radius 1 is 1.19 bits per heavy atom. The van der Waals surface area contributed by atoms with Gasteiger partial charge >= 0.3 is 5.97 Å². The molecule has 0 aliphatic carbocycles. The molecular weight excluding hydrogens is 288 g/mol. The molecule has 0 bridgehead atoms. The van der Waals surface area contributed by atoms with Gasteiger partial charge in [-0.25, -0.2) is 4.79 Å². The summed E-state index contributed by atoms with van der Waals surface area (Å²) in [5, 5.41) is 9.41. The lowest BCUT2D eigenvalue weighted by molar-refractivity contribution is -0.131. The van der Waals surface area contributed by atoms with E-state index >= 15 is 0 Å². The monoisotopic (exact) mass is 302 g/mol. The fraction of sp³-hybridized carbons (Fsp3) is 0.118. The number of carbonyl (C=O) groups is 1. The van der Waals surface area contributed by atoms with Crippen molar-refractivity contribution in [3.05, 3.63) is 59.1 Å². The maximum Gasteiger partial charge on any atom is 0.328 e. The Morgan fingerprint density at radius 3 is 2.43 bits per heavy atom. The van der Waals surface area contributed by atoms with E-state index in [1.54, 1.807) is 20.1 Å². The molecule has 0 aliphatic rings. The Morgan fingerprint density at radius 2 is 1.86 bits per heavy atom. The zero-order chi connectivity index (χ0) is 15.4. The summed E-state index contributed by atoms with van der Waals surface area (Å²) in [4.78, 5) is 10.7. The number of aliphatic carboxylic acids is 1. The molecule has 108 valence electrons. The summed E-state index contributed by atoms with van der Waals surface area (Å²) in [5.41, 5.74) is 3.42. The standard InChI is InChI=1S/C17H15ClO3/c1-11(9-17(19)20)12-3-5-13(6-4-12)15-10-14(18)7-8-16(15)21-2/h3-10H,1-2H3,(H,19,20)/b11-9-. The number of allylic oxidation sites excluding steroid dienone is 1. The number of hydrogen-bond acceptors (Lipinski definition) is 2. The average molecular weight is 303 g/mol. The first kappa shape index (κ1) is 15.1. The van der Waals surface area contributed by atoms with E-state index in [1.807, 2.05) is 36.4 Å². The van der Waals surface area contributed by atoms with Gasteiger partial charge in [0.05, 0.1) is 7.11 Å². The SMILES string of the molecule is COc1ccc(Cl)cc1-c1ccc(/C(C)=C\C(=O)O)cc1. The van der Waals surface area contributed by atoms with Crippen LogP contribution in [0.3, 0.4) is 0 Å². The molecule has 0 aromatic heterocycles. The zero-order valence-electron chi connectivity index (χ0n) is 11.8. The molecule has 0 amide bonds. The average Bonchev–Trinajstić information content (AvgIpc) is 2.46. The Balaban J connectivity index is 2.40. The van der Waals surface area contributed by atoms with Crippen LogP contribution in [0.4, 0.5) is 0 Å². The molecule has 0 fully saturated rings. The molecule has 0 atom stereocenters. The molecule has 0 saturated carbocycles. The van der Waals surface area contributed by atoms with Crippen LogP contribution in [0.1, 0.15) is 12.5 Å². The minimum Gasteiger partial charge on any atom is -0.496 e. The molecule has 0 radical (unpaired) electrons. The molecule has 2 aromatic rings. The van der Waals surface area contributed by atoms with Gasteiger partial charge in [0.2, 0.25) is 0 Å². The van der Waals surface area contributed by atoms with Gasteiger partial charge in [0, 0.05) is 16.7 Å². The van der Waals surface area contributed by atoms with E-state index in [0.717, 1.165) is 22.4 Å². The molecule has 2 rings (SSSR count). The Bertz CT molecular complexity index is 688. The highest BCUT2D eigenvalue weighted by atomic mass is 35.5. The molecule has 1 N–H and O–H groups in total. The lowest BCUT2D eigenvalue weighted by Gasteiger charge is -2.10. The third kappa shape index (κ3) is 3.64. The molecule has 2 aromatic carbocycles. The first-order valence-corrected chi connectivity index (χ1v) is 6.74. The number of methoxy groups -OCH3 is 1. The van der Waals surface area contributed by atoms with E-state index in [0.29, 0.717) is 10.6 Å². The van der Waals surface area contributed by atoms with Crippen LogP contribution in [0.5, 0.6) is 5.75 Å². The van der Waals surface area contributed by atoms with Crippen molar-refractivity contribution >= 4 is 23.1 Å². The van der Waals surface area contributed by atoms with Crippen LogP contribution in [0.2, 0.25) is 5.02 Å². The molecule has 3 nitrogen and oxygen atoms in total. The first-order valence-electron chi connectivity index (χ1n) is 6.37. The summed E-state index contributed by atoms with van der Waals surface area (Å²) in [7, 11) is 1.61. The molecule has 21 heavy (non-hydrogen) atoms. The van der Waals surface area contributed by atoms with Gasteiger partial charge in [-0.3, -0.25) is 0 Å². The van der Waals surface area contributed by atoms with Gasteiger partial charge in [-0.05, 0) is 41.8 Å². The minimum absolute atomic E-state index is 0.636. The highest BCUT2D eigenvalue weighted by Crippen LogP contribution is 2.33. The Kier molecular flexibility index (Phi) is 4.66. The highest BCUT2D eigenvalue weighted by Gasteiger charge is 2.07. The van der Waals surface area contributed by atoms with Crippen molar-refractivity contribution in [2.75, 3.05) is 7.11 Å². The van der Waals surface area contributed by atoms with Crippen molar-refractivity contribution in [3.8, 4) is 16.9 Å². The van der Waals surface area contributed by atoms with Gasteiger partial charge in [0.25, 0.3) is 0 Å². The normalized spacial score (nSPS) is 11.3. The number of hydrogen-bond donors (Lipinski definition) is 1. The summed E-state index contributed by atoms with van der Waals surface area (Å²) >= 11 is 6.03. The van der Waals surface area contributed by atoms with Crippen LogP contribution in [-0.4, -0.2) is 18.2 Å². The molecule has 4 heteroatoms. The summed E-state index contributed by atoms with van der Waals surface area (Å²) < 4.78 is 5.34. The van der Waals surface area contributed by atoms with Crippen LogP contribution in [0.25, 0.3) is 16.7 Å². The van der Waals surface area contributed by atoms with E-state index < -0.39 is 5.97 Å². The topological polar surface area (TPSA) is 46.5 Å². The lowest BCUT2D eigenvalue weighted by Crippen LogP contribution is -1.91. The predicted octanol–water partition coefficient (Wildman–Crippen LogP) is 4.50. The van der Waals surface area contributed by atoms with Gasteiger partial charge in [0.15, 0.2) is 0 Å². The van der Waals surface area contributed by atoms with Crippen LogP contribution >= 0.6 is 11.6 Å². The van der Waals surface area contributed by atoms with Crippen molar-refractivity contribution in [2.45, 2.75) is 6.92 Å². The fourth-order valence-electron chi connectivity index (χ4n) is 2.09. The quantitative estimate of drug-likeness (QED) is 0.846. The molecule has 0 aliphatic heterocycles. The fourth-order valence-corrected chi connectivity index (χ4v) is 2.26. The number of rotatable bonds is 4. The largest absolute Gasteiger partial charge is 0.496 e. The number of carboxylic acid groups (broad SMARTS) is 1. The van der Waals surface area contributed by atoms with Crippen LogP contribution in [0, 0.1) is 0 Å². The van der Waals surface area contributed by atoms with E-state index in [-0.39, 0.29) is 0 Å². The smallest absolute Gasteiger partial charge is 0.328 e. The number of ether oxygens (including phenoxy) is 1. The van der Waals surface area contributed by atoms with Gasteiger partial charge < -0.3 is 9.84 Å². The molecule has 0 spiro atoms.